The number of phenols is 1. The summed E-state index contributed by atoms with van der Waals surface area (Å²) >= 11 is 0. The van der Waals surface area contributed by atoms with E-state index in [4.69, 9.17) is 5.11 Å². The van der Waals surface area contributed by atoms with Crippen molar-refractivity contribution in [3.8, 4) is 5.75 Å². The zero-order valence-corrected chi connectivity index (χ0v) is 22.4. The summed E-state index contributed by atoms with van der Waals surface area (Å²) in [7, 11) is 0. The van der Waals surface area contributed by atoms with Gasteiger partial charge in [0, 0.05) is 18.9 Å². The Labute approximate surface area is 224 Å². The van der Waals surface area contributed by atoms with E-state index in [9.17, 15) is 29.7 Å². The molecule has 4 N–H and O–H groups in total. The molecule has 38 heavy (non-hydrogen) atoms. The number of amides is 2. The van der Waals surface area contributed by atoms with E-state index >= 15 is 0 Å². The largest absolute Gasteiger partial charge is 0.508 e. The number of carbonyl (C=O) groups excluding carboxylic acids is 2. The number of aliphatic hydroxyl groups is 2. The number of imide groups is 1. The van der Waals surface area contributed by atoms with Crippen molar-refractivity contribution in [1.29, 1.82) is 0 Å². The first-order chi connectivity index (χ1) is 18.2. The fraction of sp³-hybridized carbons (Fsp3) is 0.567. The summed E-state index contributed by atoms with van der Waals surface area (Å²) in [4.78, 5) is 38.7. The molecular weight excluding hydrogens is 486 g/mol. The van der Waals surface area contributed by atoms with Crippen LogP contribution >= 0.6 is 0 Å². The van der Waals surface area contributed by atoms with Crippen molar-refractivity contribution in [1.82, 2.24) is 4.90 Å². The monoisotopic (exact) mass is 527 g/mol. The maximum absolute atomic E-state index is 13.4. The van der Waals surface area contributed by atoms with E-state index < -0.39 is 29.8 Å². The van der Waals surface area contributed by atoms with Crippen LogP contribution in [0.3, 0.4) is 0 Å². The lowest BCUT2D eigenvalue weighted by molar-refractivity contribution is -0.141. The summed E-state index contributed by atoms with van der Waals surface area (Å²) in [6.45, 7) is 3.93. The van der Waals surface area contributed by atoms with Gasteiger partial charge in [0.2, 0.25) is 11.8 Å². The number of phenolic OH excluding ortho intramolecular Hbond substituents is 1. The first-order valence-corrected chi connectivity index (χ1v) is 13.7. The van der Waals surface area contributed by atoms with Gasteiger partial charge >= 0.3 is 5.97 Å². The number of benzene rings is 1. The van der Waals surface area contributed by atoms with Gasteiger partial charge in [0.1, 0.15) is 5.75 Å². The quantitative estimate of drug-likeness (QED) is 0.161. The Kier molecular flexibility index (Phi) is 10.7. The van der Waals surface area contributed by atoms with Gasteiger partial charge in [0.05, 0.1) is 24.5 Å². The number of aliphatic carboxylic acids is 1. The van der Waals surface area contributed by atoms with Crippen molar-refractivity contribution in [3.63, 3.8) is 0 Å². The molecular formula is C30H41NO7. The smallest absolute Gasteiger partial charge is 0.303 e. The van der Waals surface area contributed by atoms with Crippen molar-refractivity contribution >= 4 is 23.9 Å². The molecule has 0 radical (unpaired) electrons. The number of hydrogen-bond donors (Lipinski definition) is 4. The molecule has 1 heterocycles. The van der Waals surface area contributed by atoms with Gasteiger partial charge in [-0.3, -0.25) is 19.3 Å². The molecule has 0 aromatic heterocycles. The molecule has 1 aliphatic heterocycles. The van der Waals surface area contributed by atoms with Gasteiger partial charge in [0.15, 0.2) is 0 Å². The fourth-order valence-corrected chi connectivity index (χ4v) is 6.00. The second-order valence-electron chi connectivity index (χ2n) is 10.6. The number of allylic oxidation sites excluding steroid dienone is 2. The van der Waals surface area contributed by atoms with E-state index in [-0.39, 0.29) is 37.1 Å². The number of rotatable bonds is 14. The predicted molar refractivity (Wildman–Crippen MR) is 144 cm³/mol. The maximum Gasteiger partial charge on any atom is 0.303 e. The molecule has 0 bridgehead atoms. The topological polar surface area (TPSA) is 135 Å². The van der Waals surface area contributed by atoms with Crippen molar-refractivity contribution < 1.29 is 34.8 Å². The zero-order chi connectivity index (χ0) is 27.8. The van der Waals surface area contributed by atoms with Crippen LogP contribution in [0.4, 0.5) is 0 Å². The van der Waals surface area contributed by atoms with Gasteiger partial charge in [-0.15, -0.1) is 0 Å². The summed E-state index contributed by atoms with van der Waals surface area (Å²) in [6, 6.07) is 6.95. The molecule has 8 heteroatoms. The van der Waals surface area contributed by atoms with Crippen LogP contribution in [0.5, 0.6) is 5.75 Å². The summed E-state index contributed by atoms with van der Waals surface area (Å²) < 4.78 is 0. The van der Waals surface area contributed by atoms with Crippen molar-refractivity contribution in [2.75, 3.05) is 13.2 Å². The van der Waals surface area contributed by atoms with E-state index in [0.29, 0.717) is 50.5 Å². The third-order valence-electron chi connectivity index (χ3n) is 7.75. The minimum Gasteiger partial charge on any atom is -0.508 e. The van der Waals surface area contributed by atoms with E-state index in [2.05, 4.69) is 0 Å². The number of hydrogen-bond acceptors (Lipinski definition) is 6. The number of carboxylic acids is 1. The van der Waals surface area contributed by atoms with Gasteiger partial charge in [-0.25, -0.2) is 0 Å². The predicted octanol–water partition coefficient (Wildman–Crippen LogP) is 4.29. The lowest BCUT2D eigenvalue weighted by atomic mass is 9.67. The van der Waals surface area contributed by atoms with E-state index in [1.807, 2.05) is 26.0 Å². The van der Waals surface area contributed by atoms with Gasteiger partial charge < -0.3 is 20.4 Å². The van der Waals surface area contributed by atoms with Crippen molar-refractivity contribution in [2.24, 2.45) is 17.8 Å². The standard InChI is InChI=1S/C30H41NO7/c1-3-8-21-17-23-28(30(38)31(29(23)37)14-6-4-5-11-26(35)36)24(18-32)27(21)25(34)13-12-19(2)15-20-9-7-10-22(33)16-20/h7,9-10,15-16,23-25,28,32-34H,3-6,8,11-14,17-18H2,1-2H3,(H,35,36)/b19-15+/t23-,24+,25-,28-/m1/s1. The molecule has 1 saturated heterocycles. The number of carboxylic acid groups (broad SMARTS) is 1. The van der Waals surface area contributed by atoms with E-state index in [1.165, 1.54) is 4.90 Å². The molecule has 8 nitrogen and oxygen atoms in total. The molecule has 1 aliphatic carbocycles. The van der Waals surface area contributed by atoms with Crippen LogP contribution < -0.4 is 0 Å². The molecule has 208 valence electrons. The molecule has 4 atom stereocenters. The normalized spacial score (nSPS) is 22.7. The van der Waals surface area contributed by atoms with Crippen LogP contribution in [0.15, 0.2) is 41.0 Å². The van der Waals surface area contributed by atoms with E-state index in [1.54, 1.807) is 18.2 Å². The highest BCUT2D eigenvalue weighted by molar-refractivity contribution is 6.05. The summed E-state index contributed by atoms with van der Waals surface area (Å²) in [5, 5.41) is 40.2. The average Bonchev–Trinajstić information content (AvgIpc) is 3.10. The minimum absolute atomic E-state index is 0.0633. The number of aliphatic hydroxyl groups excluding tert-OH is 2. The summed E-state index contributed by atoms with van der Waals surface area (Å²) in [5.41, 5.74) is 3.59. The van der Waals surface area contributed by atoms with Crippen LogP contribution in [0.25, 0.3) is 6.08 Å². The summed E-state index contributed by atoms with van der Waals surface area (Å²) in [5.74, 6) is -2.99. The number of likely N-dealkylation sites (tertiary alicyclic amines) is 1. The number of unbranched alkanes of at least 4 members (excludes halogenated alkanes) is 2. The molecule has 1 aromatic rings. The maximum atomic E-state index is 13.4. The Bertz CT molecular complexity index is 1080. The van der Waals surface area contributed by atoms with Crippen LogP contribution in [0.2, 0.25) is 0 Å². The SMILES string of the molecule is CCCC1=C([C@H](O)CC/C(C)=C/c2cccc(O)c2)[C@H](CO)[C@@H]2C(=O)N(CCCCCC(=O)O)C(=O)[C@@H]2C1. The molecule has 1 fully saturated rings. The van der Waals surface area contributed by atoms with Gasteiger partial charge in [-0.2, -0.15) is 0 Å². The molecule has 0 spiro atoms. The molecule has 2 aliphatic rings. The Morgan fingerprint density at radius 2 is 1.92 bits per heavy atom. The second-order valence-corrected chi connectivity index (χ2v) is 10.6. The molecule has 3 rings (SSSR count). The Hall–Kier alpha value is -2.97. The Balaban J connectivity index is 1.74. The molecule has 0 saturated carbocycles. The van der Waals surface area contributed by atoms with Crippen LogP contribution in [0, 0.1) is 17.8 Å². The highest BCUT2D eigenvalue weighted by Gasteiger charge is 2.54. The second kappa shape index (κ2) is 13.7. The average molecular weight is 528 g/mol. The van der Waals surface area contributed by atoms with Crippen LogP contribution in [0.1, 0.15) is 77.2 Å². The Morgan fingerprint density at radius 1 is 1.16 bits per heavy atom. The van der Waals surface area contributed by atoms with Crippen LogP contribution in [-0.4, -0.2) is 62.4 Å². The molecule has 2 amide bonds. The third kappa shape index (κ3) is 7.11. The van der Waals surface area contributed by atoms with Gasteiger partial charge in [-0.05, 0) is 68.7 Å². The van der Waals surface area contributed by atoms with Crippen molar-refractivity contribution in [3.05, 3.63) is 46.5 Å². The van der Waals surface area contributed by atoms with Gasteiger partial charge in [0.25, 0.3) is 0 Å². The fourth-order valence-electron chi connectivity index (χ4n) is 6.00. The lowest BCUT2D eigenvalue weighted by Crippen LogP contribution is -2.39. The summed E-state index contributed by atoms with van der Waals surface area (Å²) in [6.07, 6.45) is 5.80. The number of fused-ring (bicyclic) bond motifs is 1. The minimum atomic E-state index is -0.860. The van der Waals surface area contributed by atoms with Crippen LogP contribution in [-0.2, 0) is 14.4 Å². The molecule has 1 aromatic carbocycles. The van der Waals surface area contributed by atoms with E-state index in [0.717, 1.165) is 23.1 Å². The van der Waals surface area contributed by atoms with Crippen molar-refractivity contribution in [2.45, 2.75) is 77.7 Å². The number of carbonyl (C=O) groups is 3. The Morgan fingerprint density at radius 3 is 2.58 bits per heavy atom. The molecule has 0 unspecified atom stereocenters. The first kappa shape index (κ1) is 29.6. The zero-order valence-electron chi connectivity index (χ0n) is 22.4. The van der Waals surface area contributed by atoms with Gasteiger partial charge in [-0.1, -0.05) is 49.1 Å². The lowest BCUT2D eigenvalue weighted by Gasteiger charge is -2.36. The third-order valence-corrected chi connectivity index (χ3v) is 7.75. The highest BCUT2D eigenvalue weighted by atomic mass is 16.4. The number of aromatic hydroxyl groups is 1. The first-order valence-electron chi connectivity index (χ1n) is 13.7. The highest BCUT2D eigenvalue weighted by Crippen LogP contribution is 2.47. The number of nitrogens with zero attached hydrogens (tertiary/aromatic N) is 1.